The minimum Gasteiger partial charge on any atom is -0.493 e. The van der Waals surface area contributed by atoms with Gasteiger partial charge < -0.3 is 19.9 Å². The third-order valence-corrected chi connectivity index (χ3v) is 5.87. The third-order valence-electron chi connectivity index (χ3n) is 5.54. The number of nitrogens with one attached hydrogen (secondary N) is 1. The molecule has 6 nitrogen and oxygen atoms in total. The zero-order chi connectivity index (χ0) is 26.9. The quantitative estimate of drug-likeness (QED) is 0.273. The highest BCUT2D eigenvalue weighted by Crippen LogP contribution is 2.39. The van der Waals surface area contributed by atoms with Crippen LogP contribution in [-0.2, 0) is 4.79 Å². The molecule has 3 aromatic carbocycles. The zero-order valence-corrected chi connectivity index (χ0v) is 22.4. The minimum atomic E-state index is -0.284. The summed E-state index contributed by atoms with van der Waals surface area (Å²) in [4.78, 5) is 17.5. The van der Waals surface area contributed by atoms with E-state index in [4.69, 9.17) is 26.2 Å². The number of methoxy groups -OCH3 is 2. The summed E-state index contributed by atoms with van der Waals surface area (Å²) in [5, 5.41) is 12.1. The Morgan fingerprint density at radius 3 is 2.43 bits per heavy atom. The van der Waals surface area contributed by atoms with Crippen molar-refractivity contribution in [3.8, 4) is 22.6 Å². The minimum absolute atomic E-state index is 0.250. The summed E-state index contributed by atoms with van der Waals surface area (Å²) in [5.74, 6) is 0.936. The van der Waals surface area contributed by atoms with Gasteiger partial charge in [0, 0.05) is 34.2 Å². The van der Waals surface area contributed by atoms with Crippen LogP contribution >= 0.6 is 11.6 Å². The Kier molecular flexibility index (Phi) is 9.66. The predicted molar refractivity (Wildman–Crippen MR) is 152 cm³/mol. The standard InChI is InChI=1S/C28H25ClN2O3.C2H6O/c1-17-13-18(2)28-21(14-17)27(20-7-5-6-8-22(20)29)23(16-30-28)31-26(32)12-10-19-9-11-24(33-3)25(15-19)34-4;1-2-3/h5-16H,1-4H3,(H,31,32);3H,2H2,1H3. The van der Waals surface area contributed by atoms with Gasteiger partial charge in [0.05, 0.1) is 31.6 Å². The number of aliphatic hydroxyl groups is 1. The van der Waals surface area contributed by atoms with Crippen molar-refractivity contribution in [3.05, 3.63) is 88.6 Å². The lowest BCUT2D eigenvalue weighted by molar-refractivity contribution is -0.111. The molecular formula is C30H31ClN2O4. The Hall–Kier alpha value is -3.87. The van der Waals surface area contributed by atoms with Gasteiger partial charge in [-0.25, -0.2) is 0 Å². The maximum Gasteiger partial charge on any atom is 0.248 e. The van der Waals surface area contributed by atoms with Crippen molar-refractivity contribution < 1.29 is 19.4 Å². The van der Waals surface area contributed by atoms with Crippen LogP contribution in [0.4, 0.5) is 5.69 Å². The Labute approximate surface area is 222 Å². The SMILES string of the molecule is CCO.COc1ccc(C=CC(=O)Nc2cnc3c(C)cc(C)cc3c2-c2ccccc2Cl)cc1OC. The van der Waals surface area contributed by atoms with E-state index in [0.717, 1.165) is 38.7 Å². The van der Waals surface area contributed by atoms with Gasteiger partial charge in [-0.15, -0.1) is 0 Å². The number of aromatic nitrogens is 1. The van der Waals surface area contributed by atoms with E-state index < -0.39 is 0 Å². The molecule has 2 N–H and O–H groups in total. The number of carbonyl (C=O) groups is 1. The molecule has 1 aromatic heterocycles. The van der Waals surface area contributed by atoms with Crippen LogP contribution in [0.15, 0.2) is 66.9 Å². The highest BCUT2D eigenvalue weighted by molar-refractivity contribution is 6.34. The predicted octanol–water partition coefficient (Wildman–Crippen LogP) is 6.84. The smallest absolute Gasteiger partial charge is 0.248 e. The first-order valence-electron chi connectivity index (χ1n) is 11.8. The third kappa shape index (κ3) is 6.67. The first-order chi connectivity index (χ1) is 17.8. The number of hydrogen-bond donors (Lipinski definition) is 2. The van der Waals surface area contributed by atoms with Gasteiger partial charge in [0.2, 0.25) is 5.91 Å². The van der Waals surface area contributed by atoms with E-state index in [2.05, 4.69) is 22.4 Å². The van der Waals surface area contributed by atoms with Gasteiger partial charge in [-0.1, -0.05) is 47.5 Å². The molecule has 192 valence electrons. The summed E-state index contributed by atoms with van der Waals surface area (Å²) in [5.41, 5.74) is 6.12. The molecule has 0 atom stereocenters. The maximum absolute atomic E-state index is 12.9. The molecule has 0 aliphatic rings. The van der Waals surface area contributed by atoms with Crippen LogP contribution in [0.25, 0.3) is 28.1 Å². The number of amides is 1. The van der Waals surface area contributed by atoms with Gasteiger partial charge in [0.15, 0.2) is 11.5 Å². The van der Waals surface area contributed by atoms with E-state index in [1.807, 2.05) is 44.2 Å². The Morgan fingerprint density at radius 1 is 1.05 bits per heavy atom. The van der Waals surface area contributed by atoms with Gasteiger partial charge in [0.1, 0.15) is 0 Å². The molecule has 0 aliphatic heterocycles. The van der Waals surface area contributed by atoms with Crippen LogP contribution in [0, 0.1) is 13.8 Å². The Morgan fingerprint density at radius 2 is 1.76 bits per heavy atom. The monoisotopic (exact) mass is 518 g/mol. The largest absolute Gasteiger partial charge is 0.493 e. The Bertz CT molecular complexity index is 1430. The van der Waals surface area contributed by atoms with Crippen molar-refractivity contribution in [2.24, 2.45) is 0 Å². The van der Waals surface area contributed by atoms with Crippen LogP contribution in [0.3, 0.4) is 0 Å². The number of benzene rings is 3. The van der Waals surface area contributed by atoms with Gasteiger partial charge in [0.25, 0.3) is 0 Å². The van der Waals surface area contributed by atoms with Crippen LogP contribution in [0.5, 0.6) is 11.5 Å². The molecule has 0 radical (unpaired) electrons. The first kappa shape index (κ1) is 27.7. The molecule has 4 aromatic rings. The molecule has 0 unspecified atom stereocenters. The van der Waals surface area contributed by atoms with E-state index in [1.165, 1.54) is 6.08 Å². The fourth-order valence-corrected chi connectivity index (χ4v) is 4.24. The molecule has 0 saturated heterocycles. The average Bonchev–Trinajstić information content (AvgIpc) is 2.88. The van der Waals surface area contributed by atoms with E-state index in [0.29, 0.717) is 22.2 Å². The van der Waals surface area contributed by atoms with Crippen molar-refractivity contribution in [3.63, 3.8) is 0 Å². The van der Waals surface area contributed by atoms with Crippen LogP contribution in [0.2, 0.25) is 5.02 Å². The van der Waals surface area contributed by atoms with E-state index >= 15 is 0 Å². The molecule has 0 bridgehead atoms. The number of rotatable bonds is 6. The summed E-state index contributed by atoms with van der Waals surface area (Å²) >= 11 is 6.57. The Balaban J connectivity index is 0.00000121. The molecule has 0 spiro atoms. The van der Waals surface area contributed by atoms with Gasteiger partial charge in [-0.3, -0.25) is 9.78 Å². The van der Waals surface area contributed by atoms with Gasteiger partial charge in [-0.05, 0) is 62.2 Å². The fraction of sp³-hybridized carbons (Fsp3) is 0.200. The lowest BCUT2D eigenvalue weighted by Gasteiger charge is -2.16. The number of aliphatic hydroxyl groups excluding tert-OH is 1. The number of hydrogen-bond acceptors (Lipinski definition) is 5. The van der Waals surface area contributed by atoms with Crippen molar-refractivity contribution in [2.75, 3.05) is 26.1 Å². The van der Waals surface area contributed by atoms with Gasteiger partial charge in [-0.2, -0.15) is 0 Å². The number of halogens is 1. The summed E-state index contributed by atoms with van der Waals surface area (Å²) in [6, 6.07) is 17.2. The van der Waals surface area contributed by atoms with Crippen LogP contribution < -0.4 is 14.8 Å². The maximum atomic E-state index is 12.9. The second-order valence-corrected chi connectivity index (χ2v) is 8.67. The summed E-state index contributed by atoms with van der Waals surface area (Å²) < 4.78 is 10.6. The molecule has 4 rings (SSSR count). The first-order valence-corrected chi connectivity index (χ1v) is 12.2. The summed E-state index contributed by atoms with van der Waals surface area (Å²) in [7, 11) is 3.16. The summed E-state index contributed by atoms with van der Waals surface area (Å²) in [6.45, 7) is 6.00. The molecule has 1 heterocycles. The lowest BCUT2D eigenvalue weighted by atomic mass is 9.96. The van der Waals surface area contributed by atoms with Crippen LogP contribution in [-0.4, -0.2) is 36.8 Å². The van der Waals surface area contributed by atoms with E-state index in [1.54, 1.807) is 45.5 Å². The topological polar surface area (TPSA) is 80.7 Å². The van der Waals surface area contributed by atoms with Gasteiger partial charge >= 0.3 is 0 Å². The summed E-state index contributed by atoms with van der Waals surface area (Å²) in [6.07, 6.45) is 4.88. The number of pyridine rings is 1. The molecule has 37 heavy (non-hydrogen) atoms. The second-order valence-electron chi connectivity index (χ2n) is 8.26. The molecule has 1 amide bonds. The number of ether oxygens (including phenoxy) is 2. The van der Waals surface area contributed by atoms with E-state index in [-0.39, 0.29) is 12.5 Å². The van der Waals surface area contributed by atoms with E-state index in [9.17, 15) is 4.79 Å². The number of anilines is 1. The highest BCUT2D eigenvalue weighted by Gasteiger charge is 2.16. The molecule has 0 fully saturated rings. The average molecular weight is 519 g/mol. The number of nitrogens with zero attached hydrogens (tertiary/aromatic N) is 1. The molecule has 0 aliphatic carbocycles. The van der Waals surface area contributed by atoms with Crippen molar-refractivity contribution in [2.45, 2.75) is 20.8 Å². The second kappa shape index (κ2) is 12.9. The molecule has 7 heteroatoms. The van der Waals surface area contributed by atoms with Crippen LogP contribution in [0.1, 0.15) is 23.6 Å². The number of fused-ring (bicyclic) bond motifs is 1. The number of aryl methyl sites for hydroxylation is 2. The lowest BCUT2D eigenvalue weighted by Crippen LogP contribution is -2.10. The highest BCUT2D eigenvalue weighted by atomic mass is 35.5. The molecule has 0 saturated carbocycles. The fourth-order valence-electron chi connectivity index (χ4n) is 4.01. The zero-order valence-electron chi connectivity index (χ0n) is 21.6. The number of carbonyl (C=O) groups excluding carboxylic acids is 1. The van der Waals surface area contributed by atoms with Crippen molar-refractivity contribution >= 4 is 40.2 Å². The normalized spacial score (nSPS) is 10.7. The van der Waals surface area contributed by atoms with Crippen molar-refractivity contribution in [1.29, 1.82) is 0 Å². The molecular weight excluding hydrogens is 488 g/mol. The van der Waals surface area contributed by atoms with Crippen molar-refractivity contribution in [1.82, 2.24) is 4.98 Å².